The van der Waals surface area contributed by atoms with E-state index >= 15 is 0 Å². The molecule has 18 heavy (non-hydrogen) atoms. The molecule has 2 N–H and O–H groups in total. The second-order valence-corrected chi connectivity index (χ2v) is 4.60. The molecule has 0 spiro atoms. The van der Waals surface area contributed by atoms with Crippen LogP contribution in [-0.4, -0.2) is 19.7 Å². The molecule has 0 amide bonds. The Labute approximate surface area is 106 Å². The van der Waals surface area contributed by atoms with Crippen LogP contribution in [0.15, 0.2) is 18.2 Å². The van der Waals surface area contributed by atoms with Crippen LogP contribution in [0.5, 0.6) is 5.75 Å². The van der Waals surface area contributed by atoms with Gasteiger partial charge in [0.2, 0.25) is 0 Å². The molecule has 1 aromatic carbocycles. The van der Waals surface area contributed by atoms with Gasteiger partial charge < -0.3 is 15.2 Å². The van der Waals surface area contributed by atoms with Crippen LogP contribution in [0.1, 0.15) is 19.4 Å². The van der Waals surface area contributed by atoms with Crippen molar-refractivity contribution in [2.45, 2.75) is 20.4 Å². The van der Waals surface area contributed by atoms with Crippen molar-refractivity contribution in [2.24, 2.45) is 11.1 Å². The van der Waals surface area contributed by atoms with Crippen LogP contribution >= 0.6 is 0 Å². The van der Waals surface area contributed by atoms with Gasteiger partial charge in [-0.2, -0.15) is 0 Å². The van der Waals surface area contributed by atoms with Crippen LogP contribution in [0, 0.1) is 11.2 Å². The van der Waals surface area contributed by atoms with E-state index in [1.165, 1.54) is 13.2 Å². The van der Waals surface area contributed by atoms with Gasteiger partial charge in [-0.1, -0.05) is 12.1 Å². The first-order chi connectivity index (χ1) is 8.42. The third kappa shape index (κ3) is 3.20. The van der Waals surface area contributed by atoms with Gasteiger partial charge in [0.25, 0.3) is 0 Å². The molecule has 1 rings (SSSR count). The first-order valence-electron chi connectivity index (χ1n) is 5.61. The fourth-order valence-corrected chi connectivity index (χ4v) is 1.46. The number of rotatable bonds is 5. The summed E-state index contributed by atoms with van der Waals surface area (Å²) in [4.78, 5) is 11.5. The maximum atomic E-state index is 13.6. The van der Waals surface area contributed by atoms with E-state index in [9.17, 15) is 9.18 Å². The van der Waals surface area contributed by atoms with Gasteiger partial charge in [0.05, 0.1) is 12.5 Å². The Morgan fingerprint density at radius 1 is 1.44 bits per heavy atom. The van der Waals surface area contributed by atoms with Crippen molar-refractivity contribution < 1.29 is 18.7 Å². The van der Waals surface area contributed by atoms with Crippen LogP contribution in [0.25, 0.3) is 0 Å². The first kappa shape index (κ1) is 14.4. The zero-order chi connectivity index (χ0) is 13.8. The number of hydrogen-bond acceptors (Lipinski definition) is 4. The second kappa shape index (κ2) is 5.82. The highest BCUT2D eigenvalue weighted by Crippen LogP contribution is 2.25. The number of hydrogen-bond donors (Lipinski definition) is 1. The third-order valence-corrected chi connectivity index (χ3v) is 2.58. The topological polar surface area (TPSA) is 61.5 Å². The number of carbonyl (C=O) groups is 1. The molecular formula is C13H18FNO3. The summed E-state index contributed by atoms with van der Waals surface area (Å²) in [6.07, 6.45) is 0. The smallest absolute Gasteiger partial charge is 0.314 e. The van der Waals surface area contributed by atoms with Gasteiger partial charge in [0.15, 0.2) is 11.6 Å². The van der Waals surface area contributed by atoms with Crippen molar-refractivity contribution in [1.29, 1.82) is 0 Å². The van der Waals surface area contributed by atoms with Crippen LogP contribution in [-0.2, 0) is 16.1 Å². The van der Waals surface area contributed by atoms with Crippen LogP contribution in [0.3, 0.4) is 0 Å². The summed E-state index contributed by atoms with van der Waals surface area (Å²) in [5.74, 6) is -0.802. The number of methoxy groups -OCH3 is 1. The third-order valence-electron chi connectivity index (χ3n) is 2.58. The van der Waals surface area contributed by atoms with E-state index in [4.69, 9.17) is 10.5 Å². The van der Waals surface area contributed by atoms with E-state index in [0.29, 0.717) is 5.56 Å². The Balaban J connectivity index is 2.83. The van der Waals surface area contributed by atoms with Crippen molar-refractivity contribution in [3.8, 4) is 5.75 Å². The number of para-hydroxylation sites is 1. The average molecular weight is 255 g/mol. The molecule has 1 aromatic rings. The molecule has 4 nitrogen and oxygen atoms in total. The lowest BCUT2D eigenvalue weighted by molar-refractivity contribution is -0.152. The predicted molar refractivity (Wildman–Crippen MR) is 65.6 cm³/mol. The zero-order valence-corrected chi connectivity index (χ0v) is 10.8. The van der Waals surface area contributed by atoms with Gasteiger partial charge in [-0.25, -0.2) is 4.39 Å². The van der Waals surface area contributed by atoms with E-state index in [1.807, 2.05) is 0 Å². The minimum atomic E-state index is -0.844. The molecule has 0 radical (unpaired) electrons. The molecule has 100 valence electrons. The molecule has 0 aromatic heterocycles. The molecule has 0 unspecified atom stereocenters. The first-order valence-corrected chi connectivity index (χ1v) is 5.61. The molecule has 0 saturated carbocycles. The maximum Gasteiger partial charge on any atom is 0.314 e. The summed E-state index contributed by atoms with van der Waals surface area (Å²) in [5.41, 5.74) is 5.23. The molecule has 0 atom stereocenters. The summed E-state index contributed by atoms with van der Waals surface area (Å²) >= 11 is 0. The Morgan fingerprint density at radius 2 is 2.11 bits per heavy atom. The largest absolute Gasteiger partial charge is 0.489 e. The molecule has 0 heterocycles. The number of halogens is 1. The maximum absolute atomic E-state index is 13.6. The van der Waals surface area contributed by atoms with Crippen molar-refractivity contribution >= 4 is 5.97 Å². The molecule has 0 fully saturated rings. The molecule has 0 aliphatic rings. The lowest BCUT2D eigenvalue weighted by Gasteiger charge is -2.22. The average Bonchev–Trinajstić information content (AvgIpc) is 2.35. The summed E-state index contributed by atoms with van der Waals surface area (Å²) < 4.78 is 23.6. The quantitative estimate of drug-likeness (QED) is 0.816. The van der Waals surface area contributed by atoms with Gasteiger partial charge in [-0.05, 0) is 19.9 Å². The van der Waals surface area contributed by atoms with Crippen LogP contribution < -0.4 is 10.5 Å². The Hall–Kier alpha value is -1.62. The lowest BCUT2D eigenvalue weighted by Crippen LogP contribution is -2.32. The van der Waals surface area contributed by atoms with E-state index in [-0.39, 0.29) is 18.9 Å². The Bertz CT molecular complexity index is 432. The zero-order valence-electron chi connectivity index (χ0n) is 10.8. The molecule has 0 saturated heterocycles. The number of esters is 1. The fraction of sp³-hybridized carbons (Fsp3) is 0.462. The monoisotopic (exact) mass is 255 g/mol. The van der Waals surface area contributed by atoms with E-state index in [1.54, 1.807) is 26.0 Å². The number of benzene rings is 1. The summed E-state index contributed by atoms with van der Waals surface area (Å²) in [6, 6.07) is 4.54. The Morgan fingerprint density at radius 3 is 2.67 bits per heavy atom. The highest BCUT2D eigenvalue weighted by Gasteiger charge is 2.30. The Kier molecular flexibility index (Phi) is 4.67. The van der Waals surface area contributed by atoms with Crippen molar-refractivity contribution in [1.82, 2.24) is 0 Å². The summed E-state index contributed by atoms with van der Waals surface area (Å²) in [5, 5.41) is 0. The van der Waals surface area contributed by atoms with Crippen molar-refractivity contribution in [2.75, 3.05) is 13.7 Å². The molecule has 0 bridgehead atoms. The van der Waals surface area contributed by atoms with Gasteiger partial charge in [0, 0.05) is 12.1 Å². The molecular weight excluding hydrogens is 237 g/mol. The van der Waals surface area contributed by atoms with Crippen molar-refractivity contribution in [3.05, 3.63) is 29.6 Å². The number of carbonyl (C=O) groups excluding carboxylic acids is 1. The highest BCUT2D eigenvalue weighted by molar-refractivity contribution is 5.75. The number of ether oxygens (including phenoxy) is 2. The fourth-order valence-electron chi connectivity index (χ4n) is 1.46. The molecule has 0 aliphatic heterocycles. The normalized spacial score (nSPS) is 11.2. The predicted octanol–water partition coefficient (Wildman–Crippen LogP) is 1.86. The van der Waals surface area contributed by atoms with Crippen molar-refractivity contribution in [3.63, 3.8) is 0 Å². The number of nitrogens with two attached hydrogens (primary N) is 1. The lowest BCUT2D eigenvalue weighted by atomic mass is 9.95. The van der Waals surface area contributed by atoms with Gasteiger partial charge in [0.1, 0.15) is 6.61 Å². The van der Waals surface area contributed by atoms with Crippen LogP contribution in [0.2, 0.25) is 0 Å². The van der Waals surface area contributed by atoms with Gasteiger partial charge in [-0.15, -0.1) is 0 Å². The minimum Gasteiger partial charge on any atom is -0.489 e. The van der Waals surface area contributed by atoms with Crippen LogP contribution in [0.4, 0.5) is 4.39 Å². The van der Waals surface area contributed by atoms with E-state index < -0.39 is 17.2 Å². The van der Waals surface area contributed by atoms with E-state index in [0.717, 1.165) is 0 Å². The molecule has 0 aliphatic carbocycles. The highest BCUT2D eigenvalue weighted by atomic mass is 19.1. The minimum absolute atomic E-state index is 0.0214. The second-order valence-electron chi connectivity index (χ2n) is 4.60. The standard InChI is InChI=1S/C13H18FNO3/c1-13(2,12(16)17-3)8-18-11-9(7-15)5-4-6-10(11)14/h4-6H,7-8,15H2,1-3H3. The van der Waals surface area contributed by atoms with E-state index in [2.05, 4.69) is 4.74 Å². The SMILES string of the molecule is COC(=O)C(C)(C)COc1c(F)cccc1CN. The van der Waals surface area contributed by atoms with Gasteiger partial charge in [-0.3, -0.25) is 4.79 Å². The summed E-state index contributed by atoms with van der Waals surface area (Å²) in [6.45, 7) is 3.53. The summed E-state index contributed by atoms with van der Waals surface area (Å²) in [7, 11) is 1.30. The van der Waals surface area contributed by atoms with Gasteiger partial charge >= 0.3 is 5.97 Å². The molecule has 5 heteroatoms.